The molecule has 11 heteroatoms. The van der Waals surface area contributed by atoms with Crippen molar-refractivity contribution in [1.29, 1.82) is 0 Å². The van der Waals surface area contributed by atoms with Crippen LogP contribution in [0, 0.1) is 0 Å². The van der Waals surface area contributed by atoms with Crippen molar-refractivity contribution in [3.8, 4) is 0 Å². The molecule has 1 aliphatic rings. The van der Waals surface area contributed by atoms with Crippen LogP contribution in [0.1, 0.15) is 219 Å². The van der Waals surface area contributed by atoms with E-state index in [1.807, 2.05) is 6.08 Å². The third kappa shape index (κ3) is 36.0. The summed E-state index contributed by atoms with van der Waals surface area (Å²) in [7, 11) is 0. The highest BCUT2D eigenvalue weighted by Gasteiger charge is 2.44. The van der Waals surface area contributed by atoms with E-state index in [9.17, 15) is 35.1 Å². The average Bonchev–Trinajstić information content (AvgIpc) is 3.32. The molecular formula is C56H99NO10. The predicted octanol–water partition coefficient (Wildman–Crippen LogP) is 11.5. The SMILES string of the molecule is CC/C=C/CC/C=C/CC/C=C/C(O)C(COC1OC(CO)C(O)C(O)C1O)NC(=O)CCCCCCC/C=C\CCCCCCCCCCCOC(=O)CCCCCCC/C=C\CCCC. The summed E-state index contributed by atoms with van der Waals surface area (Å²) in [4.78, 5) is 25.0. The quantitative estimate of drug-likeness (QED) is 0.0196. The molecule has 11 nitrogen and oxygen atoms in total. The molecule has 388 valence electrons. The number of allylic oxidation sites excluding steroid dienone is 9. The number of carbonyl (C=O) groups is 2. The molecule has 1 heterocycles. The first-order valence-electron chi connectivity index (χ1n) is 27.1. The number of hydrogen-bond acceptors (Lipinski definition) is 10. The Morgan fingerprint density at radius 1 is 0.552 bits per heavy atom. The Kier molecular flexibility index (Phi) is 42.6. The number of ether oxygens (including phenoxy) is 3. The lowest BCUT2D eigenvalue weighted by molar-refractivity contribution is -0.302. The average molecular weight is 946 g/mol. The molecule has 67 heavy (non-hydrogen) atoms. The van der Waals surface area contributed by atoms with Crippen LogP contribution in [0.25, 0.3) is 0 Å². The van der Waals surface area contributed by atoms with Gasteiger partial charge < -0.3 is 45.1 Å². The Balaban J connectivity index is 2.12. The molecule has 0 aromatic carbocycles. The molecule has 1 saturated heterocycles. The second-order valence-corrected chi connectivity index (χ2v) is 18.5. The molecule has 6 N–H and O–H groups in total. The van der Waals surface area contributed by atoms with Crippen LogP contribution in [0.5, 0.6) is 0 Å². The van der Waals surface area contributed by atoms with Crippen LogP contribution in [-0.4, -0.2) is 100 Å². The Morgan fingerprint density at radius 2 is 1.01 bits per heavy atom. The molecule has 0 saturated carbocycles. The Bertz CT molecular complexity index is 1300. The Morgan fingerprint density at radius 3 is 1.55 bits per heavy atom. The molecule has 0 radical (unpaired) electrons. The monoisotopic (exact) mass is 946 g/mol. The number of carbonyl (C=O) groups excluding carboxylic acids is 2. The van der Waals surface area contributed by atoms with E-state index < -0.39 is 49.5 Å². The fourth-order valence-corrected chi connectivity index (χ4v) is 7.98. The summed E-state index contributed by atoms with van der Waals surface area (Å²) in [6.45, 7) is 4.11. The summed E-state index contributed by atoms with van der Waals surface area (Å²) in [5, 5.41) is 54.1. The van der Waals surface area contributed by atoms with E-state index in [0.717, 1.165) is 96.3 Å². The summed E-state index contributed by atoms with van der Waals surface area (Å²) in [6.07, 6.45) is 47.5. The van der Waals surface area contributed by atoms with Crippen molar-refractivity contribution in [2.75, 3.05) is 19.8 Å². The largest absolute Gasteiger partial charge is 0.466 e. The van der Waals surface area contributed by atoms with Crippen molar-refractivity contribution in [2.45, 2.75) is 262 Å². The standard InChI is InChI=1S/C56H99NO10/c1-3-5-7-9-11-13-23-28-32-36-40-44-52(61)65-45-41-37-33-29-25-22-20-18-16-15-17-19-21-24-27-31-35-39-43-51(60)57-48(47-66-56-55(64)54(63)53(62)50(46-58)67-56)49(59)42-38-34-30-26-14-12-10-8-6-4-2/h6,8-9,11,14,17,19,26,38,42,48-50,53-56,58-59,62-64H,3-5,7,10,12-13,15-16,18,20-25,27-37,39-41,43-47H2,1-2H3,(H,57,60)/b8-6+,11-9-,19-17-,26-14+,42-38+. The molecule has 7 unspecified atom stereocenters. The minimum Gasteiger partial charge on any atom is -0.466 e. The number of rotatable bonds is 45. The van der Waals surface area contributed by atoms with Crippen LogP contribution >= 0.6 is 0 Å². The van der Waals surface area contributed by atoms with Gasteiger partial charge >= 0.3 is 5.97 Å². The van der Waals surface area contributed by atoms with Gasteiger partial charge in [-0.25, -0.2) is 0 Å². The van der Waals surface area contributed by atoms with Crippen molar-refractivity contribution in [3.05, 3.63) is 60.8 Å². The van der Waals surface area contributed by atoms with Gasteiger partial charge in [0.2, 0.25) is 5.91 Å². The van der Waals surface area contributed by atoms with Gasteiger partial charge in [0.25, 0.3) is 0 Å². The topological polar surface area (TPSA) is 175 Å². The van der Waals surface area contributed by atoms with E-state index in [-0.39, 0.29) is 18.5 Å². The van der Waals surface area contributed by atoms with Crippen LogP contribution in [0.4, 0.5) is 0 Å². The first kappa shape index (κ1) is 62.4. The smallest absolute Gasteiger partial charge is 0.305 e. The van der Waals surface area contributed by atoms with Crippen molar-refractivity contribution in [1.82, 2.24) is 5.32 Å². The van der Waals surface area contributed by atoms with E-state index in [1.165, 1.54) is 89.9 Å². The first-order chi connectivity index (χ1) is 32.7. The highest BCUT2D eigenvalue weighted by atomic mass is 16.7. The minimum atomic E-state index is -1.58. The lowest BCUT2D eigenvalue weighted by Gasteiger charge is -2.40. The van der Waals surface area contributed by atoms with Crippen LogP contribution in [-0.2, 0) is 23.8 Å². The van der Waals surface area contributed by atoms with E-state index in [2.05, 4.69) is 67.8 Å². The van der Waals surface area contributed by atoms with Crippen molar-refractivity contribution in [3.63, 3.8) is 0 Å². The fraction of sp³-hybridized carbons (Fsp3) is 0.786. The number of esters is 1. The number of unbranched alkanes of at least 4 members (excludes halogenated alkanes) is 23. The summed E-state index contributed by atoms with van der Waals surface area (Å²) >= 11 is 0. The normalized spacial score (nSPS) is 20.0. The molecule has 1 rings (SSSR count). The Labute approximate surface area is 408 Å². The van der Waals surface area contributed by atoms with Gasteiger partial charge in [-0.3, -0.25) is 9.59 Å². The zero-order valence-corrected chi connectivity index (χ0v) is 42.3. The molecule has 0 aromatic heterocycles. The highest BCUT2D eigenvalue weighted by Crippen LogP contribution is 2.23. The minimum absolute atomic E-state index is 0.0264. The maximum absolute atomic E-state index is 13.0. The third-order valence-corrected chi connectivity index (χ3v) is 12.3. The van der Waals surface area contributed by atoms with Crippen molar-refractivity contribution < 1.29 is 49.3 Å². The summed E-state index contributed by atoms with van der Waals surface area (Å²) in [5.41, 5.74) is 0. The van der Waals surface area contributed by atoms with E-state index in [0.29, 0.717) is 25.9 Å². The second-order valence-electron chi connectivity index (χ2n) is 18.5. The molecule has 0 aliphatic carbocycles. The molecule has 0 bridgehead atoms. The molecular weight excluding hydrogens is 847 g/mol. The third-order valence-electron chi connectivity index (χ3n) is 12.3. The van der Waals surface area contributed by atoms with Crippen LogP contribution < -0.4 is 5.32 Å². The number of amides is 1. The van der Waals surface area contributed by atoms with Gasteiger partial charge in [-0.05, 0) is 96.3 Å². The van der Waals surface area contributed by atoms with Gasteiger partial charge in [0, 0.05) is 12.8 Å². The maximum atomic E-state index is 13.0. The number of aliphatic hydroxyl groups is 5. The van der Waals surface area contributed by atoms with Crippen molar-refractivity contribution >= 4 is 11.9 Å². The van der Waals surface area contributed by atoms with Crippen molar-refractivity contribution in [2.24, 2.45) is 0 Å². The summed E-state index contributed by atoms with van der Waals surface area (Å²) < 4.78 is 16.6. The Hall–Kier alpha value is -2.64. The van der Waals surface area contributed by atoms with Crippen LogP contribution in [0.2, 0.25) is 0 Å². The molecule has 1 aliphatic heterocycles. The number of hydrogen-bond donors (Lipinski definition) is 6. The van der Waals surface area contributed by atoms with Gasteiger partial charge in [-0.15, -0.1) is 0 Å². The molecule has 0 spiro atoms. The van der Waals surface area contributed by atoms with Crippen LogP contribution in [0.15, 0.2) is 60.8 Å². The molecule has 7 atom stereocenters. The second kappa shape index (κ2) is 45.8. The van der Waals surface area contributed by atoms with Gasteiger partial charge in [-0.1, -0.05) is 171 Å². The lowest BCUT2D eigenvalue weighted by Crippen LogP contribution is -2.60. The van der Waals surface area contributed by atoms with E-state index in [1.54, 1.807) is 6.08 Å². The summed E-state index contributed by atoms with van der Waals surface area (Å²) in [6, 6.07) is -0.844. The van der Waals surface area contributed by atoms with Gasteiger partial charge in [-0.2, -0.15) is 0 Å². The molecule has 0 aromatic rings. The van der Waals surface area contributed by atoms with Gasteiger partial charge in [0.1, 0.15) is 24.4 Å². The van der Waals surface area contributed by atoms with E-state index in [4.69, 9.17) is 14.2 Å². The first-order valence-corrected chi connectivity index (χ1v) is 27.1. The van der Waals surface area contributed by atoms with E-state index >= 15 is 0 Å². The van der Waals surface area contributed by atoms with Gasteiger partial charge in [0.05, 0.1) is 32.0 Å². The lowest BCUT2D eigenvalue weighted by atomic mass is 9.99. The van der Waals surface area contributed by atoms with Crippen LogP contribution in [0.3, 0.4) is 0 Å². The van der Waals surface area contributed by atoms with Gasteiger partial charge in [0.15, 0.2) is 6.29 Å². The molecule has 1 fully saturated rings. The predicted molar refractivity (Wildman–Crippen MR) is 273 cm³/mol. The molecule has 1 amide bonds. The number of nitrogens with one attached hydrogen (secondary N) is 1. The zero-order chi connectivity index (χ0) is 48.8. The maximum Gasteiger partial charge on any atom is 0.305 e. The number of aliphatic hydroxyl groups excluding tert-OH is 5. The zero-order valence-electron chi connectivity index (χ0n) is 42.3. The summed E-state index contributed by atoms with van der Waals surface area (Å²) in [5.74, 6) is -0.241. The highest BCUT2D eigenvalue weighted by molar-refractivity contribution is 5.76. The fourth-order valence-electron chi connectivity index (χ4n) is 7.98.